The van der Waals surface area contributed by atoms with Gasteiger partial charge < -0.3 is 4.52 Å². The number of hydrogen-bond acceptors (Lipinski definition) is 2. The lowest BCUT2D eigenvalue weighted by atomic mass is 10.4. The van der Waals surface area contributed by atoms with Gasteiger partial charge in [0.25, 0.3) is 0 Å². The van der Waals surface area contributed by atoms with Crippen molar-refractivity contribution in [1.82, 2.24) is 0 Å². The van der Waals surface area contributed by atoms with Gasteiger partial charge in [0.05, 0.1) is 6.26 Å². The van der Waals surface area contributed by atoms with Gasteiger partial charge >= 0.3 is 0 Å². The van der Waals surface area contributed by atoms with Crippen molar-refractivity contribution in [3.05, 3.63) is 0 Å². The summed E-state index contributed by atoms with van der Waals surface area (Å²) < 4.78 is 5.47. The molecule has 0 N–H and O–H groups in total. The summed E-state index contributed by atoms with van der Waals surface area (Å²) in [6.45, 7) is 4.41. The maximum atomic E-state index is 5.52. The van der Waals surface area contributed by atoms with Gasteiger partial charge in [-0.05, 0) is 25.2 Å². The van der Waals surface area contributed by atoms with E-state index < -0.39 is 6.26 Å². The van der Waals surface area contributed by atoms with Crippen molar-refractivity contribution in [2.75, 3.05) is 19.4 Å². The molecule has 0 spiro atoms. The first kappa shape index (κ1) is 12.6. The van der Waals surface area contributed by atoms with Gasteiger partial charge in [0, 0.05) is 7.11 Å². The Morgan fingerprint density at radius 3 is 1.75 bits per heavy atom. The van der Waals surface area contributed by atoms with Crippen molar-refractivity contribution in [3.8, 4) is 0 Å². The molecule has 0 unspecified atom stereocenters. The van der Waals surface area contributed by atoms with E-state index in [-0.39, 0.29) is 0 Å². The van der Waals surface area contributed by atoms with Crippen LogP contribution < -0.4 is 0 Å². The molecule has 12 heavy (non-hydrogen) atoms. The summed E-state index contributed by atoms with van der Waals surface area (Å²) in [6.07, 6.45) is 5.79. The lowest BCUT2D eigenvalue weighted by molar-refractivity contribution is 0.455. The van der Waals surface area contributed by atoms with Gasteiger partial charge in [-0.25, -0.2) is 0 Å². The third-order valence-electron chi connectivity index (χ3n) is 2.04. The molecule has 0 saturated carbocycles. The summed E-state index contributed by atoms with van der Waals surface area (Å²) in [5.41, 5.74) is 0. The van der Waals surface area contributed by atoms with E-state index in [9.17, 15) is 0 Å². The predicted molar refractivity (Wildman–Crippen MR) is 60.8 cm³/mol. The molecule has 0 aromatic carbocycles. The lowest BCUT2D eigenvalue weighted by Crippen LogP contribution is -1.97. The molecule has 74 valence electrons. The smallest absolute Gasteiger partial charge is 0.0670 e. The van der Waals surface area contributed by atoms with E-state index in [0.717, 1.165) is 12.3 Å². The molecule has 3 heteroatoms. The van der Waals surface area contributed by atoms with E-state index in [1.807, 2.05) is 0 Å². The fraction of sp³-hybridized carbons (Fsp3) is 1.00. The van der Waals surface area contributed by atoms with E-state index in [2.05, 4.69) is 13.8 Å². The minimum Gasteiger partial charge on any atom is -0.354 e. The molecule has 0 aromatic heterocycles. The van der Waals surface area contributed by atoms with Crippen LogP contribution in [0.1, 0.15) is 39.5 Å². The molecule has 0 aliphatic rings. The minimum absolute atomic E-state index is 1.13. The number of unbranched alkanes of at least 4 members (excludes halogenated alkanes) is 2. The van der Waals surface area contributed by atoms with Crippen molar-refractivity contribution in [2.24, 2.45) is 0 Å². The molecule has 0 radical (unpaired) electrons. The van der Waals surface area contributed by atoms with Gasteiger partial charge in [0.1, 0.15) is 0 Å². The van der Waals surface area contributed by atoms with Gasteiger partial charge in [-0.1, -0.05) is 38.5 Å². The van der Waals surface area contributed by atoms with E-state index in [4.69, 9.17) is 16.3 Å². The highest BCUT2D eigenvalue weighted by atomic mass is 32.4. The number of hydrogen-bond donors (Lipinski definition) is 0. The van der Waals surface area contributed by atoms with E-state index >= 15 is 0 Å². The summed E-state index contributed by atoms with van der Waals surface area (Å²) >= 11 is 5.52. The quantitative estimate of drug-likeness (QED) is 0.591. The van der Waals surface area contributed by atoms with Crippen LogP contribution in [0.2, 0.25) is 0 Å². The Morgan fingerprint density at radius 2 is 1.50 bits per heavy atom. The molecule has 0 atom stereocenters. The molecule has 0 aliphatic heterocycles. The Labute approximate surface area is 82.0 Å². The van der Waals surface area contributed by atoms with Crippen LogP contribution in [0.4, 0.5) is 0 Å². The first-order chi connectivity index (χ1) is 5.68. The number of rotatable bonds is 7. The van der Waals surface area contributed by atoms with Crippen LogP contribution in [-0.2, 0) is 16.3 Å². The van der Waals surface area contributed by atoms with Crippen molar-refractivity contribution < 1.29 is 4.52 Å². The molecule has 0 rings (SSSR count). The summed E-state index contributed by atoms with van der Waals surface area (Å²) in [5.74, 6) is 0. The van der Waals surface area contributed by atoms with Gasteiger partial charge in [-0.3, -0.25) is 0 Å². The molecule has 0 heterocycles. The monoisotopic (exact) mass is 208 g/mol. The van der Waals surface area contributed by atoms with Gasteiger partial charge in [0.2, 0.25) is 0 Å². The highest BCUT2D eigenvalue weighted by Crippen LogP contribution is 2.47. The van der Waals surface area contributed by atoms with E-state index in [1.165, 1.54) is 25.7 Å². The van der Waals surface area contributed by atoms with Gasteiger partial charge in [-0.2, -0.15) is 0 Å². The Balaban J connectivity index is 3.79. The maximum Gasteiger partial charge on any atom is 0.0670 e. The van der Waals surface area contributed by atoms with Crippen LogP contribution in [0.5, 0.6) is 0 Å². The molecular weight excluding hydrogens is 187 g/mol. The fourth-order valence-electron chi connectivity index (χ4n) is 1.09. The zero-order valence-corrected chi connectivity index (χ0v) is 10.2. The van der Waals surface area contributed by atoms with Crippen molar-refractivity contribution in [1.29, 1.82) is 0 Å². The highest BCUT2D eigenvalue weighted by Gasteiger charge is 2.13. The molecule has 0 fully saturated rings. The third-order valence-corrected chi connectivity index (χ3v) is 6.24. The molecular formula is C9H21OPS. The van der Waals surface area contributed by atoms with E-state index in [0.29, 0.717) is 0 Å². The molecule has 0 aliphatic carbocycles. The molecule has 0 bridgehead atoms. The maximum absolute atomic E-state index is 5.52. The lowest BCUT2D eigenvalue weighted by Gasteiger charge is -2.19. The topological polar surface area (TPSA) is 9.23 Å². The third kappa shape index (κ3) is 5.29. The van der Waals surface area contributed by atoms with Crippen LogP contribution in [0, 0.1) is 0 Å². The molecule has 0 aromatic rings. The second-order valence-corrected chi connectivity index (χ2v) is 8.04. The molecule has 0 saturated heterocycles. The summed E-state index contributed by atoms with van der Waals surface area (Å²) in [7, 11) is 1.78. The predicted octanol–water partition coefficient (Wildman–Crippen LogP) is 3.63. The van der Waals surface area contributed by atoms with E-state index in [1.54, 1.807) is 7.11 Å². The first-order valence-electron chi connectivity index (χ1n) is 4.82. The Bertz CT molecular complexity index is 135. The van der Waals surface area contributed by atoms with Gasteiger partial charge in [-0.15, -0.1) is 0 Å². The van der Waals surface area contributed by atoms with Crippen LogP contribution in [0.3, 0.4) is 0 Å². The normalized spacial score (nSPS) is 11.9. The van der Waals surface area contributed by atoms with Gasteiger partial charge in [0.15, 0.2) is 0 Å². The first-order valence-corrected chi connectivity index (χ1v) is 7.91. The Hall–Kier alpha value is 0.610. The second kappa shape index (κ2) is 7.06. The standard InChI is InChI=1S/C9H21OPS/c1-4-6-8-11(12,10-3)9-7-5-2/h4-9H2,1-3H3. The summed E-state index contributed by atoms with van der Waals surface area (Å²) in [6, 6.07) is 0. The summed E-state index contributed by atoms with van der Waals surface area (Å²) in [4.78, 5) is 0. The van der Waals surface area contributed by atoms with Crippen LogP contribution in [-0.4, -0.2) is 19.4 Å². The van der Waals surface area contributed by atoms with Crippen molar-refractivity contribution >= 4 is 18.1 Å². The molecule has 1 nitrogen and oxygen atoms in total. The minimum atomic E-state index is -1.40. The van der Waals surface area contributed by atoms with Crippen molar-refractivity contribution in [3.63, 3.8) is 0 Å². The zero-order chi connectivity index (χ0) is 9.45. The summed E-state index contributed by atoms with van der Waals surface area (Å²) in [5, 5.41) is 0. The average molecular weight is 208 g/mol. The Morgan fingerprint density at radius 1 is 1.08 bits per heavy atom. The highest BCUT2D eigenvalue weighted by molar-refractivity contribution is 8.12. The zero-order valence-electron chi connectivity index (χ0n) is 8.51. The molecule has 0 amide bonds. The fourth-order valence-corrected chi connectivity index (χ4v) is 4.05. The second-order valence-electron chi connectivity index (χ2n) is 3.15. The van der Waals surface area contributed by atoms with Crippen LogP contribution >= 0.6 is 6.26 Å². The Kier molecular flexibility index (Phi) is 7.41. The van der Waals surface area contributed by atoms with Crippen molar-refractivity contribution in [2.45, 2.75) is 39.5 Å². The largest absolute Gasteiger partial charge is 0.354 e. The average Bonchev–Trinajstić information content (AvgIpc) is 2.11. The SMILES string of the molecule is CCCCP(=S)(CCCC)OC. The van der Waals surface area contributed by atoms with Crippen LogP contribution in [0.25, 0.3) is 0 Å². The van der Waals surface area contributed by atoms with Crippen LogP contribution in [0.15, 0.2) is 0 Å².